The standard InChI is InChI=1S/C26H28Cl2N2O3S/c1-16-6-9-22(10-7-16)34(32,33)30(25-14-21(27)8-11-24(25)28)15-26(31)29-20(5)23-13-18(3)17(2)12-19(23)4/h6-14,20H,15H2,1-5H3,(H,29,31)/t20-/m1/s1. The first-order valence-corrected chi connectivity index (χ1v) is 13.0. The molecule has 0 saturated carbocycles. The van der Waals surface area contributed by atoms with Crippen molar-refractivity contribution in [3.8, 4) is 0 Å². The zero-order chi connectivity index (χ0) is 25.2. The zero-order valence-electron chi connectivity index (χ0n) is 19.8. The van der Waals surface area contributed by atoms with E-state index in [9.17, 15) is 13.2 Å². The summed E-state index contributed by atoms with van der Waals surface area (Å²) in [5.41, 5.74) is 5.38. The van der Waals surface area contributed by atoms with Gasteiger partial charge < -0.3 is 5.32 Å². The van der Waals surface area contributed by atoms with Crippen LogP contribution in [0.1, 0.15) is 40.8 Å². The normalized spacial score (nSPS) is 12.3. The van der Waals surface area contributed by atoms with E-state index in [0.29, 0.717) is 5.02 Å². The number of carbonyl (C=O) groups excluding carboxylic acids is 1. The molecule has 3 aromatic rings. The molecule has 34 heavy (non-hydrogen) atoms. The highest BCUT2D eigenvalue weighted by Crippen LogP contribution is 2.33. The van der Waals surface area contributed by atoms with Crippen molar-refractivity contribution in [2.75, 3.05) is 10.8 Å². The van der Waals surface area contributed by atoms with Gasteiger partial charge in [0.1, 0.15) is 6.54 Å². The Morgan fingerprint density at radius 3 is 2.18 bits per heavy atom. The highest BCUT2D eigenvalue weighted by atomic mass is 35.5. The Hall–Kier alpha value is -2.54. The largest absolute Gasteiger partial charge is 0.348 e. The molecule has 3 aromatic carbocycles. The van der Waals surface area contributed by atoms with Crippen LogP contribution in [0.4, 0.5) is 5.69 Å². The minimum absolute atomic E-state index is 0.0556. The summed E-state index contributed by atoms with van der Waals surface area (Å²) in [5.74, 6) is -0.461. The van der Waals surface area contributed by atoms with Gasteiger partial charge in [-0.25, -0.2) is 8.42 Å². The molecule has 0 unspecified atom stereocenters. The molecule has 1 amide bonds. The second-order valence-corrected chi connectivity index (χ2v) is 11.2. The number of rotatable bonds is 7. The minimum Gasteiger partial charge on any atom is -0.348 e. The molecule has 0 heterocycles. The Labute approximate surface area is 211 Å². The van der Waals surface area contributed by atoms with Crippen molar-refractivity contribution in [2.45, 2.75) is 45.6 Å². The molecule has 0 aromatic heterocycles. The van der Waals surface area contributed by atoms with E-state index in [4.69, 9.17) is 23.2 Å². The summed E-state index contributed by atoms with van der Waals surface area (Å²) in [4.78, 5) is 13.2. The average Bonchev–Trinajstić information content (AvgIpc) is 2.76. The van der Waals surface area contributed by atoms with E-state index in [2.05, 4.69) is 11.4 Å². The van der Waals surface area contributed by atoms with Crippen molar-refractivity contribution in [1.29, 1.82) is 0 Å². The lowest BCUT2D eigenvalue weighted by molar-refractivity contribution is -0.120. The number of sulfonamides is 1. The van der Waals surface area contributed by atoms with Crippen LogP contribution >= 0.6 is 23.2 Å². The highest BCUT2D eigenvalue weighted by Gasteiger charge is 2.29. The van der Waals surface area contributed by atoms with Crippen LogP contribution in [0.5, 0.6) is 0 Å². The maximum Gasteiger partial charge on any atom is 0.264 e. The van der Waals surface area contributed by atoms with Crippen LogP contribution in [0.15, 0.2) is 59.5 Å². The number of aryl methyl sites for hydroxylation is 4. The molecular weight excluding hydrogens is 491 g/mol. The molecule has 5 nitrogen and oxygen atoms in total. The summed E-state index contributed by atoms with van der Waals surface area (Å²) in [7, 11) is -4.10. The van der Waals surface area contributed by atoms with Crippen molar-refractivity contribution in [3.05, 3.63) is 92.5 Å². The van der Waals surface area contributed by atoms with E-state index in [-0.39, 0.29) is 21.6 Å². The Bertz CT molecular complexity index is 1320. The van der Waals surface area contributed by atoms with Gasteiger partial charge in [0.15, 0.2) is 0 Å². The number of amides is 1. The van der Waals surface area contributed by atoms with Crippen LogP contribution in [0.2, 0.25) is 10.0 Å². The molecular formula is C26H28Cl2N2O3S. The molecule has 3 rings (SSSR count). The van der Waals surface area contributed by atoms with Crippen molar-refractivity contribution in [1.82, 2.24) is 5.32 Å². The zero-order valence-corrected chi connectivity index (χ0v) is 22.1. The third-order valence-electron chi connectivity index (χ3n) is 5.80. The number of anilines is 1. The third-order valence-corrected chi connectivity index (χ3v) is 8.13. The van der Waals surface area contributed by atoms with E-state index >= 15 is 0 Å². The number of carbonyl (C=O) groups is 1. The average molecular weight is 519 g/mol. The smallest absolute Gasteiger partial charge is 0.264 e. The van der Waals surface area contributed by atoms with E-state index in [1.54, 1.807) is 18.2 Å². The minimum atomic E-state index is -4.10. The summed E-state index contributed by atoms with van der Waals surface area (Å²) < 4.78 is 28.2. The summed E-state index contributed by atoms with van der Waals surface area (Å²) in [6.45, 7) is 9.34. The fraction of sp³-hybridized carbons (Fsp3) is 0.269. The van der Waals surface area contributed by atoms with E-state index in [1.807, 2.05) is 40.7 Å². The van der Waals surface area contributed by atoms with Gasteiger partial charge >= 0.3 is 0 Å². The predicted octanol–water partition coefficient (Wildman–Crippen LogP) is 6.30. The highest BCUT2D eigenvalue weighted by molar-refractivity contribution is 7.92. The van der Waals surface area contributed by atoms with Gasteiger partial charge in [0, 0.05) is 5.02 Å². The fourth-order valence-corrected chi connectivity index (χ4v) is 5.63. The van der Waals surface area contributed by atoms with Crippen molar-refractivity contribution >= 4 is 44.8 Å². The molecule has 0 aliphatic rings. The van der Waals surface area contributed by atoms with Gasteiger partial charge in [-0.05, 0) is 87.2 Å². The van der Waals surface area contributed by atoms with Gasteiger partial charge in [-0.2, -0.15) is 0 Å². The molecule has 0 saturated heterocycles. The number of nitrogens with one attached hydrogen (secondary N) is 1. The summed E-state index contributed by atoms with van der Waals surface area (Å²) in [5, 5.41) is 3.41. The lowest BCUT2D eigenvalue weighted by Crippen LogP contribution is -2.41. The van der Waals surface area contributed by atoms with Gasteiger partial charge in [-0.3, -0.25) is 9.10 Å². The lowest BCUT2D eigenvalue weighted by atomic mass is 9.96. The Kier molecular flexibility index (Phi) is 7.96. The molecule has 180 valence electrons. The topological polar surface area (TPSA) is 66.5 Å². The maximum atomic E-state index is 13.6. The SMILES string of the molecule is Cc1ccc(S(=O)(=O)N(CC(=O)N[C@H](C)c2cc(C)c(C)cc2C)c2cc(Cl)ccc2Cl)cc1. The van der Waals surface area contributed by atoms with Crippen molar-refractivity contribution in [2.24, 2.45) is 0 Å². The van der Waals surface area contributed by atoms with E-state index < -0.39 is 22.5 Å². The molecule has 0 radical (unpaired) electrons. The predicted molar refractivity (Wildman–Crippen MR) is 139 cm³/mol. The monoisotopic (exact) mass is 518 g/mol. The second kappa shape index (κ2) is 10.4. The van der Waals surface area contributed by atoms with Gasteiger partial charge in [-0.15, -0.1) is 0 Å². The van der Waals surface area contributed by atoms with Gasteiger partial charge in [0.25, 0.3) is 10.0 Å². The van der Waals surface area contributed by atoms with Crippen molar-refractivity contribution in [3.63, 3.8) is 0 Å². The molecule has 0 bridgehead atoms. The van der Waals surface area contributed by atoms with Crippen LogP contribution in [0.25, 0.3) is 0 Å². The summed E-state index contributed by atoms with van der Waals surface area (Å²) in [6, 6.07) is 14.8. The molecule has 0 spiro atoms. The van der Waals surface area contributed by atoms with Crippen molar-refractivity contribution < 1.29 is 13.2 Å². The molecule has 8 heteroatoms. The Morgan fingerprint density at radius 2 is 1.53 bits per heavy atom. The van der Waals surface area contributed by atoms with Crippen LogP contribution in [0.3, 0.4) is 0 Å². The van der Waals surface area contributed by atoms with Gasteiger partial charge in [-0.1, -0.05) is 53.0 Å². The fourth-order valence-electron chi connectivity index (χ4n) is 3.76. The van der Waals surface area contributed by atoms with E-state index in [1.165, 1.54) is 29.8 Å². The number of halogens is 2. The second-order valence-electron chi connectivity index (χ2n) is 8.50. The lowest BCUT2D eigenvalue weighted by Gasteiger charge is -2.26. The summed E-state index contributed by atoms with van der Waals surface area (Å²) >= 11 is 12.5. The molecule has 1 atom stereocenters. The van der Waals surface area contributed by atoms with Crippen LogP contribution < -0.4 is 9.62 Å². The van der Waals surface area contributed by atoms with E-state index in [0.717, 1.165) is 26.6 Å². The van der Waals surface area contributed by atoms with Gasteiger partial charge in [0.05, 0.1) is 21.6 Å². The quantitative estimate of drug-likeness (QED) is 0.399. The molecule has 0 aliphatic heterocycles. The first-order chi connectivity index (χ1) is 15.9. The molecule has 0 fully saturated rings. The Balaban J connectivity index is 1.96. The number of nitrogens with zero attached hydrogens (tertiary/aromatic N) is 1. The van der Waals surface area contributed by atoms with Crippen LogP contribution in [-0.4, -0.2) is 20.9 Å². The first kappa shape index (κ1) is 26.1. The van der Waals surface area contributed by atoms with Gasteiger partial charge in [0.2, 0.25) is 5.91 Å². The molecule has 1 N–H and O–H groups in total. The maximum absolute atomic E-state index is 13.6. The van der Waals surface area contributed by atoms with Crippen LogP contribution in [-0.2, 0) is 14.8 Å². The van der Waals surface area contributed by atoms with Crippen LogP contribution in [0, 0.1) is 27.7 Å². The number of hydrogen-bond acceptors (Lipinski definition) is 3. The number of benzene rings is 3. The first-order valence-electron chi connectivity index (χ1n) is 10.8. The third kappa shape index (κ3) is 5.74. The number of hydrogen-bond donors (Lipinski definition) is 1. The summed E-state index contributed by atoms with van der Waals surface area (Å²) in [6.07, 6.45) is 0. The Morgan fingerprint density at radius 1 is 0.912 bits per heavy atom. The molecule has 0 aliphatic carbocycles.